The summed E-state index contributed by atoms with van der Waals surface area (Å²) in [5.74, 6) is 0. The Bertz CT molecular complexity index is 418. The van der Waals surface area contributed by atoms with Crippen molar-refractivity contribution in [1.82, 2.24) is 4.98 Å². The summed E-state index contributed by atoms with van der Waals surface area (Å²) in [7, 11) is 0. The molecule has 2 N–H and O–H groups in total. The normalized spacial score (nSPS) is 8.71. The van der Waals surface area contributed by atoms with Gasteiger partial charge in [0.1, 0.15) is 6.61 Å². The maximum absolute atomic E-state index is 9.76. The molecule has 0 fully saturated rings. The Morgan fingerprint density at radius 1 is 1.12 bits per heavy atom. The number of rotatable bonds is 3. The summed E-state index contributed by atoms with van der Waals surface area (Å²) in [6.45, 7) is 0.817. The van der Waals surface area contributed by atoms with Crippen molar-refractivity contribution in [2.24, 2.45) is 0 Å². The van der Waals surface area contributed by atoms with Gasteiger partial charge < -0.3 is 10.5 Å². The number of hydrogen-bond acceptors (Lipinski definition) is 4. The van der Waals surface area contributed by atoms with E-state index in [0.29, 0.717) is 13.1 Å². The number of nitrogens with two attached hydrogens (primary N) is 1. The van der Waals surface area contributed by atoms with Gasteiger partial charge in [-0.15, -0.1) is 0 Å². The van der Waals surface area contributed by atoms with Gasteiger partial charge in [-0.2, -0.15) is 0 Å². The third-order valence-corrected chi connectivity index (χ3v) is 1.87. The van der Waals surface area contributed by atoms with Crippen LogP contribution in [-0.2, 0) is 16.1 Å². The lowest BCUT2D eigenvalue weighted by Crippen LogP contribution is -1.88. The van der Waals surface area contributed by atoms with Crippen molar-refractivity contribution in [3.8, 4) is 0 Å². The molecule has 88 valence electrons. The van der Waals surface area contributed by atoms with Crippen LogP contribution in [0.15, 0.2) is 54.9 Å². The molecule has 0 aliphatic carbocycles. The first-order chi connectivity index (χ1) is 8.33. The van der Waals surface area contributed by atoms with Gasteiger partial charge in [0.05, 0.1) is 0 Å². The summed E-state index contributed by atoms with van der Waals surface area (Å²) >= 11 is 0. The molecule has 0 amide bonds. The molecule has 2 aromatic rings. The van der Waals surface area contributed by atoms with Crippen molar-refractivity contribution >= 4 is 12.2 Å². The predicted molar refractivity (Wildman–Crippen MR) is 65.9 cm³/mol. The molecule has 0 saturated heterocycles. The minimum Gasteiger partial charge on any atom is -0.463 e. The number of carbonyl (C=O) groups excluding carboxylic acids is 1. The number of nitrogen functional groups attached to an aromatic ring is 1. The molecule has 4 nitrogen and oxygen atoms in total. The molecule has 0 unspecified atom stereocenters. The lowest BCUT2D eigenvalue weighted by molar-refractivity contribution is -0.129. The molecule has 0 bridgehead atoms. The van der Waals surface area contributed by atoms with E-state index >= 15 is 0 Å². The summed E-state index contributed by atoms with van der Waals surface area (Å²) in [4.78, 5) is 13.5. The molecule has 17 heavy (non-hydrogen) atoms. The van der Waals surface area contributed by atoms with Crippen LogP contribution in [0.2, 0.25) is 0 Å². The highest BCUT2D eigenvalue weighted by atomic mass is 16.5. The van der Waals surface area contributed by atoms with Crippen LogP contribution in [0.25, 0.3) is 0 Å². The Kier molecular flexibility index (Phi) is 5.88. The van der Waals surface area contributed by atoms with E-state index in [1.165, 1.54) is 0 Å². The fraction of sp³-hybridized carbons (Fsp3) is 0.0769. The van der Waals surface area contributed by atoms with Crippen LogP contribution >= 0.6 is 0 Å². The van der Waals surface area contributed by atoms with Gasteiger partial charge >= 0.3 is 0 Å². The van der Waals surface area contributed by atoms with Gasteiger partial charge in [0.2, 0.25) is 0 Å². The van der Waals surface area contributed by atoms with Crippen LogP contribution in [0.4, 0.5) is 5.69 Å². The minimum absolute atomic E-state index is 0.365. The average Bonchev–Trinajstić information content (AvgIpc) is 2.39. The number of hydrogen-bond donors (Lipinski definition) is 1. The van der Waals surface area contributed by atoms with Gasteiger partial charge in [0.25, 0.3) is 6.47 Å². The molecule has 1 aromatic carbocycles. The second kappa shape index (κ2) is 7.87. The van der Waals surface area contributed by atoms with Crippen molar-refractivity contribution in [1.29, 1.82) is 0 Å². The first kappa shape index (κ1) is 12.7. The third-order valence-electron chi connectivity index (χ3n) is 1.87. The molecule has 0 atom stereocenters. The molecule has 0 radical (unpaired) electrons. The van der Waals surface area contributed by atoms with Crippen LogP contribution in [0.1, 0.15) is 5.56 Å². The fourth-order valence-electron chi connectivity index (χ4n) is 1.07. The maximum Gasteiger partial charge on any atom is 0.293 e. The van der Waals surface area contributed by atoms with Crippen LogP contribution in [0.3, 0.4) is 0 Å². The Hall–Kier alpha value is -2.36. The SMILES string of the molecule is Nc1ccncc1.O=COCc1ccccc1. The zero-order chi connectivity index (χ0) is 12.3. The van der Waals surface area contributed by atoms with Gasteiger partial charge in [0, 0.05) is 18.1 Å². The van der Waals surface area contributed by atoms with E-state index in [1.807, 2.05) is 30.3 Å². The molecular weight excluding hydrogens is 216 g/mol. The second-order valence-corrected chi connectivity index (χ2v) is 3.17. The topological polar surface area (TPSA) is 65.2 Å². The first-order valence-corrected chi connectivity index (χ1v) is 5.07. The summed E-state index contributed by atoms with van der Waals surface area (Å²) in [6.07, 6.45) is 3.32. The highest BCUT2D eigenvalue weighted by Gasteiger charge is 1.87. The predicted octanol–water partition coefficient (Wildman–Crippen LogP) is 2.02. The van der Waals surface area contributed by atoms with Crippen LogP contribution in [-0.4, -0.2) is 11.5 Å². The summed E-state index contributed by atoms with van der Waals surface area (Å²) in [5, 5.41) is 0. The van der Waals surface area contributed by atoms with E-state index in [1.54, 1.807) is 24.5 Å². The quantitative estimate of drug-likeness (QED) is 0.819. The zero-order valence-electron chi connectivity index (χ0n) is 9.32. The lowest BCUT2D eigenvalue weighted by atomic mass is 10.2. The monoisotopic (exact) mass is 230 g/mol. The van der Waals surface area contributed by atoms with E-state index < -0.39 is 0 Å². The van der Waals surface area contributed by atoms with Crippen LogP contribution < -0.4 is 5.73 Å². The Morgan fingerprint density at radius 2 is 1.76 bits per heavy atom. The zero-order valence-corrected chi connectivity index (χ0v) is 9.32. The Morgan fingerprint density at radius 3 is 2.24 bits per heavy atom. The van der Waals surface area contributed by atoms with Crippen LogP contribution in [0, 0.1) is 0 Å². The van der Waals surface area contributed by atoms with Gasteiger partial charge in [-0.05, 0) is 17.7 Å². The molecule has 4 heteroatoms. The lowest BCUT2D eigenvalue weighted by Gasteiger charge is -1.95. The molecule has 1 heterocycles. The molecule has 0 aliphatic rings. The number of aromatic nitrogens is 1. The molecule has 1 aromatic heterocycles. The fourth-order valence-corrected chi connectivity index (χ4v) is 1.07. The average molecular weight is 230 g/mol. The minimum atomic E-state index is 0.365. The van der Waals surface area contributed by atoms with Gasteiger partial charge in [-0.3, -0.25) is 9.78 Å². The van der Waals surface area contributed by atoms with E-state index in [2.05, 4.69) is 9.72 Å². The summed E-state index contributed by atoms with van der Waals surface area (Å²) in [5.41, 5.74) is 7.09. The standard InChI is InChI=1S/C8H8O2.C5H6N2/c9-7-10-6-8-4-2-1-3-5-8;6-5-1-3-7-4-2-5/h1-5,7H,6H2;1-4H,(H2,6,7). The van der Waals surface area contributed by atoms with Crippen molar-refractivity contribution in [3.63, 3.8) is 0 Å². The third kappa shape index (κ3) is 5.94. The molecule has 0 saturated carbocycles. The summed E-state index contributed by atoms with van der Waals surface area (Å²) in [6, 6.07) is 13.0. The van der Waals surface area contributed by atoms with E-state index in [4.69, 9.17) is 5.73 Å². The van der Waals surface area contributed by atoms with E-state index in [-0.39, 0.29) is 0 Å². The largest absolute Gasteiger partial charge is 0.463 e. The molecule has 2 rings (SSSR count). The number of pyridine rings is 1. The summed E-state index contributed by atoms with van der Waals surface area (Å²) < 4.78 is 4.54. The highest BCUT2D eigenvalue weighted by Crippen LogP contribution is 1.98. The molecular formula is C13H14N2O2. The first-order valence-electron chi connectivity index (χ1n) is 5.07. The smallest absolute Gasteiger partial charge is 0.293 e. The number of carbonyl (C=O) groups is 1. The Balaban J connectivity index is 0.000000181. The van der Waals surface area contributed by atoms with Crippen molar-refractivity contribution in [2.75, 3.05) is 5.73 Å². The molecule has 0 aliphatic heterocycles. The Labute approximate surface area is 100 Å². The van der Waals surface area contributed by atoms with Gasteiger partial charge in [-0.1, -0.05) is 30.3 Å². The van der Waals surface area contributed by atoms with Gasteiger partial charge in [-0.25, -0.2) is 0 Å². The number of nitrogens with zero attached hydrogens (tertiary/aromatic N) is 1. The van der Waals surface area contributed by atoms with Crippen molar-refractivity contribution < 1.29 is 9.53 Å². The van der Waals surface area contributed by atoms with Gasteiger partial charge in [0.15, 0.2) is 0 Å². The number of ether oxygens (including phenoxy) is 1. The number of anilines is 1. The van der Waals surface area contributed by atoms with E-state index in [9.17, 15) is 4.79 Å². The highest BCUT2D eigenvalue weighted by molar-refractivity contribution is 5.37. The second-order valence-electron chi connectivity index (χ2n) is 3.17. The molecule has 0 spiro atoms. The number of benzene rings is 1. The van der Waals surface area contributed by atoms with Crippen molar-refractivity contribution in [3.05, 3.63) is 60.4 Å². The van der Waals surface area contributed by atoms with E-state index in [0.717, 1.165) is 11.3 Å². The maximum atomic E-state index is 9.76. The van der Waals surface area contributed by atoms with Crippen LogP contribution in [0.5, 0.6) is 0 Å². The van der Waals surface area contributed by atoms with Crippen molar-refractivity contribution in [2.45, 2.75) is 6.61 Å².